The number of unbranched alkanes of at least 4 members (excludes halogenated alkanes) is 7. The van der Waals surface area contributed by atoms with Crippen LogP contribution in [0.3, 0.4) is 0 Å². The van der Waals surface area contributed by atoms with Gasteiger partial charge in [0, 0.05) is 5.97 Å². The van der Waals surface area contributed by atoms with E-state index in [1.54, 1.807) is 0 Å². The maximum atomic E-state index is 11.4. The van der Waals surface area contributed by atoms with E-state index in [9.17, 15) is 14.7 Å². The summed E-state index contributed by atoms with van der Waals surface area (Å²) in [5, 5.41) is 10.2. The number of carbonyl (C=O) groups excluding carboxylic acids is 2. The van der Waals surface area contributed by atoms with Crippen molar-refractivity contribution in [1.29, 1.82) is 0 Å². The van der Waals surface area contributed by atoms with Gasteiger partial charge in [-0.1, -0.05) is 38.2 Å². The van der Waals surface area contributed by atoms with E-state index in [2.05, 4.69) is 6.58 Å². The SMILES string of the molecule is C=CCCCCCCCCCOC(=O)[C@@H](N)CCC(=O)[O-].[Na+]. The second-order valence-corrected chi connectivity index (χ2v) is 5.24. The van der Waals surface area contributed by atoms with Gasteiger partial charge in [-0.15, -0.1) is 6.58 Å². The van der Waals surface area contributed by atoms with Crippen molar-refractivity contribution < 1.29 is 49.0 Å². The summed E-state index contributed by atoms with van der Waals surface area (Å²) in [5.41, 5.74) is 5.51. The Bertz CT molecular complexity index is 311. The number of allylic oxidation sites excluding steroid dienone is 1. The molecule has 0 aliphatic heterocycles. The molecule has 0 fully saturated rings. The Hall–Kier alpha value is -0.360. The molecule has 22 heavy (non-hydrogen) atoms. The van der Waals surface area contributed by atoms with Gasteiger partial charge < -0.3 is 20.4 Å². The van der Waals surface area contributed by atoms with Crippen LogP contribution in [-0.4, -0.2) is 24.6 Å². The number of carboxylic acids is 1. The van der Waals surface area contributed by atoms with Crippen LogP contribution in [0, 0.1) is 0 Å². The molecule has 0 saturated carbocycles. The molecule has 122 valence electrons. The predicted molar refractivity (Wildman–Crippen MR) is 80.3 cm³/mol. The molecule has 0 aromatic carbocycles. The van der Waals surface area contributed by atoms with Crippen LogP contribution in [0.25, 0.3) is 0 Å². The topological polar surface area (TPSA) is 92.5 Å². The number of hydrogen-bond donors (Lipinski definition) is 1. The van der Waals surface area contributed by atoms with Crippen molar-refractivity contribution in [2.45, 2.75) is 70.3 Å². The Morgan fingerprint density at radius 1 is 1.09 bits per heavy atom. The van der Waals surface area contributed by atoms with Gasteiger partial charge in [0.2, 0.25) is 0 Å². The number of ether oxygens (including phenoxy) is 1. The second kappa shape index (κ2) is 17.0. The second-order valence-electron chi connectivity index (χ2n) is 5.24. The molecule has 1 atom stereocenters. The van der Waals surface area contributed by atoms with E-state index < -0.39 is 18.0 Å². The first-order valence-corrected chi connectivity index (χ1v) is 7.81. The molecule has 0 saturated heterocycles. The number of carbonyl (C=O) groups is 2. The smallest absolute Gasteiger partial charge is 0.550 e. The van der Waals surface area contributed by atoms with Crippen LogP contribution in [0.5, 0.6) is 0 Å². The minimum atomic E-state index is -1.20. The Balaban J connectivity index is 0. The number of esters is 1. The molecule has 0 rings (SSSR count). The molecule has 0 radical (unpaired) electrons. The van der Waals surface area contributed by atoms with Gasteiger partial charge in [-0.3, -0.25) is 4.79 Å². The summed E-state index contributed by atoms with van der Waals surface area (Å²) in [6.45, 7) is 4.05. The number of rotatable bonds is 14. The van der Waals surface area contributed by atoms with E-state index in [4.69, 9.17) is 10.5 Å². The van der Waals surface area contributed by atoms with Crippen LogP contribution in [0.2, 0.25) is 0 Å². The Labute approximate surface area is 156 Å². The first-order valence-electron chi connectivity index (χ1n) is 7.81. The molecule has 0 heterocycles. The van der Waals surface area contributed by atoms with Gasteiger partial charge in [0.05, 0.1) is 6.61 Å². The number of hydrogen-bond acceptors (Lipinski definition) is 5. The molecular weight excluding hydrogens is 293 g/mol. The summed E-state index contributed by atoms with van der Waals surface area (Å²) in [6, 6.07) is -0.868. The summed E-state index contributed by atoms with van der Waals surface area (Å²) in [7, 11) is 0. The van der Waals surface area contributed by atoms with Crippen LogP contribution in [0.15, 0.2) is 12.7 Å². The van der Waals surface area contributed by atoms with Gasteiger partial charge in [0.1, 0.15) is 6.04 Å². The molecule has 0 aliphatic rings. The Morgan fingerprint density at radius 3 is 2.18 bits per heavy atom. The molecular formula is C16H28NNaO4. The fourth-order valence-electron chi connectivity index (χ4n) is 1.95. The largest absolute Gasteiger partial charge is 1.00 e. The van der Waals surface area contributed by atoms with Crippen molar-refractivity contribution in [3.05, 3.63) is 12.7 Å². The van der Waals surface area contributed by atoms with Gasteiger partial charge in [-0.2, -0.15) is 0 Å². The van der Waals surface area contributed by atoms with Crippen molar-refractivity contribution in [1.82, 2.24) is 0 Å². The van der Waals surface area contributed by atoms with Gasteiger partial charge in [-0.25, -0.2) is 0 Å². The zero-order chi connectivity index (χ0) is 15.9. The fourth-order valence-corrected chi connectivity index (χ4v) is 1.95. The molecule has 0 unspecified atom stereocenters. The first-order chi connectivity index (χ1) is 10.1. The van der Waals surface area contributed by atoms with Gasteiger partial charge >= 0.3 is 35.5 Å². The molecule has 0 aromatic heterocycles. The van der Waals surface area contributed by atoms with Crippen molar-refractivity contribution in [2.24, 2.45) is 5.73 Å². The van der Waals surface area contributed by atoms with Gasteiger partial charge in [-0.05, 0) is 32.1 Å². The van der Waals surface area contributed by atoms with E-state index in [0.717, 1.165) is 25.7 Å². The van der Waals surface area contributed by atoms with Gasteiger partial charge in [0.25, 0.3) is 0 Å². The van der Waals surface area contributed by atoms with E-state index in [-0.39, 0.29) is 42.4 Å². The maximum absolute atomic E-state index is 11.4. The molecule has 0 spiro atoms. The van der Waals surface area contributed by atoms with Crippen LogP contribution in [0.1, 0.15) is 64.2 Å². The van der Waals surface area contributed by atoms with Crippen molar-refractivity contribution in [3.8, 4) is 0 Å². The summed E-state index contributed by atoms with van der Waals surface area (Å²) in [4.78, 5) is 21.7. The molecule has 2 N–H and O–H groups in total. The third kappa shape index (κ3) is 16.0. The first kappa shape index (κ1) is 23.9. The third-order valence-electron chi connectivity index (χ3n) is 3.26. The van der Waals surface area contributed by atoms with Crippen LogP contribution in [-0.2, 0) is 14.3 Å². The van der Waals surface area contributed by atoms with E-state index in [1.807, 2.05) is 6.08 Å². The molecule has 0 aliphatic carbocycles. The van der Waals surface area contributed by atoms with E-state index >= 15 is 0 Å². The van der Waals surface area contributed by atoms with Gasteiger partial charge in [0.15, 0.2) is 0 Å². The molecule has 6 heteroatoms. The minimum Gasteiger partial charge on any atom is -0.550 e. The summed E-state index contributed by atoms with van der Waals surface area (Å²) >= 11 is 0. The average molecular weight is 321 g/mol. The summed E-state index contributed by atoms with van der Waals surface area (Å²) in [6.07, 6.45) is 10.8. The molecule has 0 amide bonds. The number of nitrogens with two attached hydrogens (primary N) is 1. The summed E-state index contributed by atoms with van der Waals surface area (Å²) in [5.74, 6) is -1.73. The number of aliphatic carboxylic acids is 1. The zero-order valence-corrected chi connectivity index (χ0v) is 15.9. The maximum Gasteiger partial charge on any atom is 1.00 e. The van der Waals surface area contributed by atoms with Crippen LogP contribution < -0.4 is 40.4 Å². The molecule has 0 aromatic rings. The van der Waals surface area contributed by atoms with Crippen molar-refractivity contribution in [2.75, 3.05) is 6.61 Å². The quantitative estimate of drug-likeness (QED) is 0.186. The average Bonchev–Trinajstić information content (AvgIpc) is 2.46. The van der Waals surface area contributed by atoms with Crippen LogP contribution >= 0.6 is 0 Å². The number of carboxylic acid groups (broad SMARTS) is 1. The standard InChI is InChI=1S/C16H29NO4.Na/c1-2-3-4-5-6-7-8-9-10-13-21-16(20)14(17)11-12-15(18)19;/h2,14H,1,3-13,17H2,(H,18,19);/q;+1/p-1/t14-;/m0./s1. The normalized spacial score (nSPS) is 11.3. The van der Waals surface area contributed by atoms with E-state index in [0.29, 0.717) is 6.61 Å². The molecule has 0 bridgehead atoms. The zero-order valence-electron chi connectivity index (χ0n) is 13.9. The minimum absolute atomic E-state index is 0. The Kier molecular flexibility index (Phi) is 18.5. The third-order valence-corrected chi connectivity index (χ3v) is 3.26. The summed E-state index contributed by atoms with van der Waals surface area (Å²) < 4.78 is 5.01. The molecule has 5 nitrogen and oxygen atoms in total. The fraction of sp³-hybridized carbons (Fsp3) is 0.750. The predicted octanol–water partition coefficient (Wildman–Crippen LogP) is -1.30. The van der Waals surface area contributed by atoms with Crippen molar-refractivity contribution >= 4 is 11.9 Å². The van der Waals surface area contributed by atoms with Crippen LogP contribution in [0.4, 0.5) is 0 Å². The Morgan fingerprint density at radius 2 is 1.64 bits per heavy atom. The van der Waals surface area contributed by atoms with Crippen molar-refractivity contribution in [3.63, 3.8) is 0 Å². The monoisotopic (exact) mass is 321 g/mol. The van der Waals surface area contributed by atoms with E-state index in [1.165, 1.54) is 25.7 Å².